The van der Waals surface area contributed by atoms with E-state index in [1.165, 1.54) is 23.6 Å². The number of para-hydroxylation sites is 1. The van der Waals surface area contributed by atoms with Crippen LogP contribution in [0.4, 0.5) is 18.9 Å². The zero-order valence-electron chi connectivity index (χ0n) is 16.8. The molecule has 0 radical (unpaired) electrons. The zero-order chi connectivity index (χ0) is 20.6. The third-order valence-electron chi connectivity index (χ3n) is 4.24. The van der Waals surface area contributed by atoms with Gasteiger partial charge in [-0.15, -0.1) is 24.0 Å². The highest BCUT2D eigenvalue weighted by atomic mass is 127. The van der Waals surface area contributed by atoms with E-state index in [1.807, 2.05) is 18.2 Å². The molecule has 0 saturated carbocycles. The summed E-state index contributed by atoms with van der Waals surface area (Å²) < 4.78 is 40.2. The number of alkyl halides is 3. The maximum atomic E-state index is 13.0. The van der Waals surface area contributed by atoms with Gasteiger partial charge in [0.2, 0.25) is 0 Å². The van der Waals surface area contributed by atoms with Crippen LogP contribution in [0.1, 0.15) is 24.6 Å². The van der Waals surface area contributed by atoms with Gasteiger partial charge in [0.15, 0.2) is 11.7 Å². The molecule has 1 heterocycles. The van der Waals surface area contributed by atoms with Gasteiger partial charge >= 0.3 is 6.18 Å². The third kappa shape index (κ3) is 7.75. The Morgan fingerprint density at radius 3 is 2.48 bits per heavy atom. The monoisotopic (exact) mass is 524 g/mol. The smallest absolute Gasteiger partial charge is 0.372 e. The summed E-state index contributed by atoms with van der Waals surface area (Å²) in [6, 6.07) is 10.2. The van der Waals surface area contributed by atoms with Crippen molar-refractivity contribution in [3.8, 4) is 0 Å². The minimum Gasteiger partial charge on any atom is -0.372 e. The first-order valence-corrected chi connectivity index (χ1v) is 9.19. The van der Waals surface area contributed by atoms with Gasteiger partial charge in [-0.3, -0.25) is 9.67 Å². The molecule has 1 aromatic carbocycles. The minimum atomic E-state index is -4.48. The lowest BCUT2D eigenvalue weighted by Gasteiger charge is -2.23. The predicted octanol–water partition coefficient (Wildman–Crippen LogP) is 3.64. The quantitative estimate of drug-likeness (QED) is 0.240. The Kier molecular flexibility index (Phi) is 10.3. The van der Waals surface area contributed by atoms with Gasteiger partial charge in [-0.05, 0) is 25.5 Å². The highest BCUT2D eigenvalue weighted by molar-refractivity contribution is 14.0. The molecule has 6 nitrogen and oxygen atoms in total. The van der Waals surface area contributed by atoms with Crippen LogP contribution in [0.15, 0.2) is 41.5 Å². The molecule has 2 rings (SSSR count). The molecule has 0 aliphatic heterocycles. The summed E-state index contributed by atoms with van der Waals surface area (Å²) in [6.07, 6.45) is -2.25. The molecule has 0 amide bonds. The molecular weight excluding hydrogens is 496 g/mol. The molecule has 0 spiro atoms. The van der Waals surface area contributed by atoms with Gasteiger partial charge in [0.25, 0.3) is 0 Å². The van der Waals surface area contributed by atoms with Gasteiger partial charge in [0.1, 0.15) is 0 Å². The topological polar surface area (TPSA) is 57.5 Å². The first kappa shape index (κ1) is 25.1. The average Bonchev–Trinajstić information content (AvgIpc) is 3.06. The molecule has 0 atom stereocenters. The molecule has 162 valence electrons. The Labute approximate surface area is 186 Å². The maximum absolute atomic E-state index is 13.0. The van der Waals surface area contributed by atoms with Gasteiger partial charge in [0, 0.05) is 57.7 Å². The van der Waals surface area contributed by atoms with Crippen molar-refractivity contribution in [2.24, 2.45) is 12.0 Å². The molecule has 0 bridgehead atoms. The molecule has 0 fully saturated rings. The highest BCUT2D eigenvalue weighted by Gasteiger charge is 2.36. The summed E-state index contributed by atoms with van der Waals surface area (Å²) in [6.45, 7) is 4.52. The van der Waals surface area contributed by atoms with E-state index < -0.39 is 11.9 Å². The van der Waals surface area contributed by atoms with Gasteiger partial charge in [-0.25, -0.2) is 0 Å². The van der Waals surface area contributed by atoms with Crippen LogP contribution < -0.4 is 15.5 Å². The van der Waals surface area contributed by atoms with Crippen molar-refractivity contribution in [3.63, 3.8) is 0 Å². The predicted molar refractivity (Wildman–Crippen MR) is 121 cm³/mol. The van der Waals surface area contributed by atoms with E-state index in [-0.39, 0.29) is 36.1 Å². The fraction of sp³-hybridized carbons (Fsp3) is 0.474. The number of nitrogens with one attached hydrogen (secondary N) is 2. The Bertz CT molecular complexity index is 761. The first-order chi connectivity index (χ1) is 13.3. The van der Waals surface area contributed by atoms with E-state index >= 15 is 0 Å². The second-order valence-corrected chi connectivity index (χ2v) is 6.30. The van der Waals surface area contributed by atoms with Gasteiger partial charge < -0.3 is 15.5 Å². The molecule has 2 aromatic rings. The number of hydrogen-bond acceptors (Lipinski definition) is 3. The number of rotatable bonds is 8. The summed E-state index contributed by atoms with van der Waals surface area (Å²) in [5.41, 5.74) is 0.377. The summed E-state index contributed by atoms with van der Waals surface area (Å²) in [7, 11) is 3.06. The SMILES string of the molecule is CCN(CCCNC(=NC)NCc1cn(C)nc1C(F)(F)F)c1ccccc1.I. The van der Waals surface area contributed by atoms with Crippen LogP contribution in [-0.4, -0.2) is 42.4 Å². The van der Waals surface area contributed by atoms with Gasteiger partial charge in [-0.1, -0.05) is 18.2 Å². The van der Waals surface area contributed by atoms with Crippen LogP contribution >= 0.6 is 24.0 Å². The number of aliphatic imine (C=N–C) groups is 1. The molecular formula is C19H28F3IN6. The number of guanidine groups is 1. The number of anilines is 1. The fourth-order valence-corrected chi connectivity index (χ4v) is 2.89. The number of aryl methyl sites for hydroxylation is 1. The summed E-state index contributed by atoms with van der Waals surface area (Å²) in [4.78, 5) is 6.34. The van der Waals surface area contributed by atoms with Crippen molar-refractivity contribution in [2.75, 3.05) is 31.6 Å². The van der Waals surface area contributed by atoms with E-state index in [1.54, 1.807) is 7.05 Å². The number of halogens is 4. The van der Waals surface area contributed by atoms with Gasteiger partial charge in [0.05, 0.1) is 0 Å². The van der Waals surface area contributed by atoms with Crippen LogP contribution in [0.3, 0.4) is 0 Å². The minimum absolute atomic E-state index is 0. The Balaban J connectivity index is 0.00000420. The Hall–Kier alpha value is -1.98. The van der Waals surface area contributed by atoms with E-state index in [9.17, 15) is 13.2 Å². The molecule has 1 aromatic heterocycles. The third-order valence-corrected chi connectivity index (χ3v) is 4.24. The van der Waals surface area contributed by atoms with E-state index in [0.29, 0.717) is 12.5 Å². The largest absolute Gasteiger partial charge is 0.435 e. The molecule has 0 aliphatic carbocycles. The first-order valence-electron chi connectivity index (χ1n) is 9.19. The van der Waals surface area contributed by atoms with Crippen LogP contribution in [0, 0.1) is 0 Å². The lowest BCUT2D eigenvalue weighted by atomic mass is 10.2. The normalized spacial score (nSPS) is 11.7. The van der Waals surface area contributed by atoms with E-state index in [2.05, 4.69) is 44.7 Å². The summed E-state index contributed by atoms with van der Waals surface area (Å²) >= 11 is 0. The Morgan fingerprint density at radius 2 is 1.90 bits per heavy atom. The average molecular weight is 524 g/mol. The van der Waals surface area contributed by atoms with E-state index in [4.69, 9.17) is 0 Å². The Morgan fingerprint density at radius 1 is 1.21 bits per heavy atom. The van der Waals surface area contributed by atoms with Crippen LogP contribution in [-0.2, 0) is 19.8 Å². The molecule has 29 heavy (non-hydrogen) atoms. The fourth-order valence-electron chi connectivity index (χ4n) is 2.89. The molecule has 2 N–H and O–H groups in total. The standard InChI is InChI=1S/C19H27F3N6.HI/c1-4-28(16-9-6-5-7-10-16)12-8-11-24-18(23-2)25-13-15-14-27(3)26-17(15)19(20,21)22;/h5-7,9-10,14H,4,8,11-13H2,1-3H3,(H2,23,24,25);1H. The van der Waals surface area contributed by atoms with Crippen molar-refractivity contribution in [2.45, 2.75) is 26.1 Å². The molecule has 0 saturated heterocycles. The zero-order valence-corrected chi connectivity index (χ0v) is 19.2. The van der Waals surface area contributed by atoms with Crippen molar-refractivity contribution >= 4 is 35.6 Å². The second-order valence-electron chi connectivity index (χ2n) is 6.30. The maximum Gasteiger partial charge on any atom is 0.435 e. The number of nitrogens with zero attached hydrogens (tertiary/aromatic N) is 4. The van der Waals surface area contributed by atoms with Crippen molar-refractivity contribution in [1.82, 2.24) is 20.4 Å². The van der Waals surface area contributed by atoms with Crippen LogP contribution in [0.2, 0.25) is 0 Å². The van der Waals surface area contributed by atoms with Crippen molar-refractivity contribution in [3.05, 3.63) is 47.8 Å². The lowest BCUT2D eigenvalue weighted by molar-refractivity contribution is -0.142. The van der Waals surface area contributed by atoms with Crippen LogP contribution in [0.5, 0.6) is 0 Å². The molecule has 10 heteroatoms. The van der Waals surface area contributed by atoms with Gasteiger partial charge in [-0.2, -0.15) is 18.3 Å². The van der Waals surface area contributed by atoms with Crippen molar-refractivity contribution in [1.29, 1.82) is 0 Å². The van der Waals surface area contributed by atoms with E-state index in [0.717, 1.165) is 19.5 Å². The highest BCUT2D eigenvalue weighted by Crippen LogP contribution is 2.30. The lowest BCUT2D eigenvalue weighted by Crippen LogP contribution is -2.38. The molecule has 0 unspecified atom stereocenters. The number of aromatic nitrogens is 2. The molecule has 0 aliphatic rings. The summed E-state index contributed by atoms with van der Waals surface area (Å²) in [5, 5.41) is 9.56. The second kappa shape index (κ2) is 11.9. The van der Waals surface area contributed by atoms with Crippen LogP contribution in [0.25, 0.3) is 0 Å². The summed E-state index contributed by atoms with van der Waals surface area (Å²) in [5.74, 6) is 0.458. The van der Waals surface area contributed by atoms with Crippen molar-refractivity contribution < 1.29 is 13.2 Å². The number of hydrogen-bond donors (Lipinski definition) is 2. The number of benzene rings is 1.